The van der Waals surface area contributed by atoms with Gasteiger partial charge >= 0.3 is 0 Å². The van der Waals surface area contributed by atoms with E-state index in [1.54, 1.807) is 40.6 Å². The number of benzene rings is 10. The normalized spacial score (nSPS) is 14.0. The monoisotopic (exact) mass is 948 g/mol. The van der Waals surface area contributed by atoms with Gasteiger partial charge in [0.2, 0.25) is 0 Å². The Kier molecular flexibility index (Phi) is 10.8. The molecule has 0 fully saturated rings. The van der Waals surface area contributed by atoms with Crippen molar-refractivity contribution in [3.63, 3.8) is 0 Å². The van der Waals surface area contributed by atoms with E-state index in [0.717, 1.165) is 66.4 Å². The van der Waals surface area contributed by atoms with Crippen molar-refractivity contribution in [3.8, 4) is 56.8 Å². The molecule has 0 spiro atoms. The summed E-state index contributed by atoms with van der Waals surface area (Å²) in [7, 11) is 6.54. The first-order valence-corrected chi connectivity index (χ1v) is 23.6. The highest BCUT2D eigenvalue weighted by molar-refractivity contribution is 6.03. The quantitative estimate of drug-likeness (QED) is 0.136. The standard InChI is InChI=1S/C64H46F2O6/c1-67-49-23-15-45(16-24-49)63(46-17-25-50(68-2)26-18-46)33-31-53-55(37-42-7-5-9-57(65)59(42)61(53)71-63)40-13-11-39-12-14-41(36-44(39)35-40)56-38-43-8-6-10-58(66)60(43)62-54(56)32-34-64(72-62,47-19-27-51(69-3)28-20-47)48-21-29-52(70-4)30-22-48/h5-38H,1-4H3. The van der Waals surface area contributed by atoms with E-state index in [2.05, 4.69) is 48.6 Å². The second-order valence-electron chi connectivity index (χ2n) is 18.0. The molecule has 0 radical (unpaired) electrons. The Balaban J connectivity index is 1.01. The van der Waals surface area contributed by atoms with Crippen LogP contribution in [0.3, 0.4) is 0 Å². The van der Waals surface area contributed by atoms with Crippen LogP contribution < -0.4 is 28.4 Å². The lowest BCUT2D eigenvalue weighted by Gasteiger charge is -2.37. The summed E-state index contributed by atoms with van der Waals surface area (Å²) >= 11 is 0. The summed E-state index contributed by atoms with van der Waals surface area (Å²) in [6, 6.07) is 58.1. The molecule has 2 heterocycles. The minimum atomic E-state index is -1.12. The molecule has 12 rings (SSSR count). The molecule has 0 N–H and O–H groups in total. The topological polar surface area (TPSA) is 55.4 Å². The molecule has 6 nitrogen and oxygen atoms in total. The molecule has 352 valence electrons. The lowest BCUT2D eigenvalue weighted by atomic mass is 9.81. The van der Waals surface area contributed by atoms with Crippen LogP contribution in [0.2, 0.25) is 0 Å². The number of fused-ring (bicyclic) bond motifs is 7. The van der Waals surface area contributed by atoms with Crippen molar-refractivity contribution in [1.82, 2.24) is 0 Å². The summed E-state index contributed by atoms with van der Waals surface area (Å²) < 4.78 is 69.3. The van der Waals surface area contributed by atoms with Crippen LogP contribution in [0.15, 0.2) is 194 Å². The molecule has 0 atom stereocenters. The predicted octanol–water partition coefficient (Wildman–Crippen LogP) is 15.5. The molecule has 0 bridgehead atoms. The van der Waals surface area contributed by atoms with E-state index in [1.165, 1.54) is 12.1 Å². The smallest absolute Gasteiger partial charge is 0.178 e. The van der Waals surface area contributed by atoms with Gasteiger partial charge in [0, 0.05) is 33.4 Å². The van der Waals surface area contributed by atoms with Crippen LogP contribution in [-0.4, -0.2) is 28.4 Å². The van der Waals surface area contributed by atoms with Crippen molar-refractivity contribution < 1.29 is 37.2 Å². The summed E-state index contributed by atoms with van der Waals surface area (Å²) in [4.78, 5) is 0. The Morgan fingerprint density at radius 2 is 0.708 bits per heavy atom. The average Bonchev–Trinajstić information content (AvgIpc) is 3.44. The minimum Gasteiger partial charge on any atom is -0.497 e. The van der Waals surface area contributed by atoms with Gasteiger partial charge < -0.3 is 28.4 Å². The summed E-state index contributed by atoms with van der Waals surface area (Å²) in [6.45, 7) is 0. The predicted molar refractivity (Wildman–Crippen MR) is 283 cm³/mol. The molecule has 2 aliphatic rings. The summed E-state index contributed by atoms with van der Waals surface area (Å²) in [6.07, 6.45) is 8.21. The maximum Gasteiger partial charge on any atom is 0.178 e. The van der Waals surface area contributed by atoms with Crippen LogP contribution in [-0.2, 0) is 11.2 Å². The van der Waals surface area contributed by atoms with Gasteiger partial charge in [0.05, 0.1) is 39.2 Å². The van der Waals surface area contributed by atoms with Gasteiger partial charge in [0.15, 0.2) is 11.2 Å². The second-order valence-corrected chi connectivity index (χ2v) is 18.0. The van der Waals surface area contributed by atoms with Crippen LogP contribution in [0.5, 0.6) is 34.5 Å². The highest BCUT2D eigenvalue weighted by Gasteiger charge is 2.41. The molecule has 8 heteroatoms. The van der Waals surface area contributed by atoms with E-state index in [9.17, 15) is 0 Å². The van der Waals surface area contributed by atoms with Gasteiger partial charge in [-0.2, -0.15) is 0 Å². The first kappa shape index (κ1) is 44.3. The lowest BCUT2D eigenvalue weighted by Crippen LogP contribution is -2.34. The van der Waals surface area contributed by atoms with E-state index >= 15 is 8.78 Å². The van der Waals surface area contributed by atoms with Crippen LogP contribution in [0.25, 0.3) is 66.7 Å². The molecule has 2 aliphatic heterocycles. The van der Waals surface area contributed by atoms with Crippen LogP contribution in [0, 0.1) is 11.6 Å². The third kappa shape index (κ3) is 7.20. The largest absolute Gasteiger partial charge is 0.497 e. The molecular weight excluding hydrogens is 903 g/mol. The zero-order valence-electron chi connectivity index (χ0n) is 39.8. The molecule has 0 aliphatic carbocycles. The number of hydrogen-bond donors (Lipinski definition) is 0. The van der Waals surface area contributed by atoms with Gasteiger partial charge in [-0.3, -0.25) is 0 Å². The summed E-state index contributed by atoms with van der Waals surface area (Å²) in [5.41, 5.74) is 6.24. The SMILES string of the molecule is COc1ccc(C2(c3ccc(OC)cc3)C=Cc3c(-c4ccc5ccc(-c6cc7cccc(F)c7c7c6C=CC(c6ccc(OC)cc6)(c6ccc(OC)cc6)O7)cc5c4)cc4cccc(F)c4c3O2)cc1. The number of rotatable bonds is 10. The first-order chi connectivity index (χ1) is 35.2. The number of hydrogen-bond acceptors (Lipinski definition) is 6. The maximum absolute atomic E-state index is 16.3. The van der Waals surface area contributed by atoms with Crippen LogP contribution in [0.4, 0.5) is 8.78 Å². The molecular formula is C64H46F2O6. The molecule has 10 aromatic rings. The number of ether oxygens (including phenoxy) is 6. The molecule has 0 saturated carbocycles. The zero-order valence-corrected chi connectivity index (χ0v) is 39.8. The van der Waals surface area contributed by atoms with Crippen LogP contribution >= 0.6 is 0 Å². The molecule has 0 amide bonds. The van der Waals surface area contributed by atoms with E-state index in [4.69, 9.17) is 28.4 Å². The zero-order chi connectivity index (χ0) is 49.1. The molecule has 10 aromatic carbocycles. The molecule has 0 unspecified atom stereocenters. The molecule has 0 saturated heterocycles. The summed E-state index contributed by atoms with van der Waals surface area (Å²) in [5, 5.41) is 4.20. The fraction of sp³-hybridized carbons (Fsp3) is 0.0938. The van der Waals surface area contributed by atoms with E-state index in [0.29, 0.717) is 56.0 Å². The minimum absolute atomic E-state index is 0.381. The third-order valence-electron chi connectivity index (χ3n) is 14.2. The van der Waals surface area contributed by atoms with E-state index in [1.807, 2.05) is 133 Å². The maximum atomic E-state index is 16.3. The fourth-order valence-electron chi connectivity index (χ4n) is 10.5. The number of methoxy groups -OCH3 is 4. The summed E-state index contributed by atoms with van der Waals surface area (Å²) in [5.74, 6) is 2.94. The van der Waals surface area contributed by atoms with E-state index in [-0.39, 0.29) is 11.6 Å². The Hall–Kier alpha value is -8.88. The Bertz CT molecular complexity index is 3460. The van der Waals surface area contributed by atoms with Gasteiger partial charge in [0.1, 0.15) is 46.1 Å². The van der Waals surface area contributed by atoms with Crippen LogP contribution in [0.1, 0.15) is 33.4 Å². The second kappa shape index (κ2) is 17.5. The Morgan fingerprint density at radius 3 is 1.04 bits per heavy atom. The van der Waals surface area contributed by atoms with Crippen molar-refractivity contribution in [2.75, 3.05) is 28.4 Å². The van der Waals surface area contributed by atoms with Gasteiger partial charge in [-0.15, -0.1) is 0 Å². The molecule has 0 aromatic heterocycles. The number of halogens is 2. The highest BCUT2D eigenvalue weighted by atomic mass is 19.1. The van der Waals surface area contributed by atoms with Crippen molar-refractivity contribution in [2.45, 2.75) is 11.2 Å². The van der Waals surface area contributed by atoms with Crippen molar-refractivity contribution in [1.29, 1.82) is 0 Å². The lowest BCUT2D eigenvalue weighted by molar-refractivity contribution is 0.163. The van der Waals surface area contributed by atoms with Gasteiger partial charge in [-0.05, 0) is 153 Å². The third-order valence-corrected chi connectivity index (χ3v) is 14.2. The van der Waals surface area contributed by atoms with Gasteiger partial charge in [0.25, 0.3) is 0 Å². The Morgan fingerprint density at radius 1 is 0.361 bits per heavy atom. The van der Waals surface area contributed by atoms with Gasteiger partial charge in [-0.25, -0.2) is 8.78 Å². The van der Waals surface area contributed by atoms with Gasteiger partial charge in [-0.1, -0.05) is 97.1 Å². The highest BCUT2D eigenvalue weighted by Crippen LogP contribution is 2.52. The average molecular weight is 949 g/mol. The Labute approximate surface area is 415 Å². The molecule has 72 heavy (non-hydrogen) atoms. The first-order valence-electron chi connectivity index (χ1n) is 23.6. The van der Waals surface area contributed by atoms with Crippen molar-refractivity contribution >= 4 is 44.5 Å². The fourth-order valence-corrected chi connectivity index (χ4v) is 10.5. The van der Waals surface area contributed by atoms with E-state index < -0.39 is 11.2 Å². The van der Waals surface area contributed by atoms with Crippen molar-refractivity contribution in [3.05, 3.63) is 239 Å². The van der Waals surface area contributed by atoms with Crippen molar-refractivity contribution in [2.24, 2.45) is 0 Å².